The second-order valence-corrected chi connectivity index (χ2v) is 3.74. The first-order chi connectivity index (χ1) is 8.56. The van der Waals surface area contributed by atoms with E-state index in [4.69, 9.17) is 21.4 Å². The van der Waals surface area contributed by atoms with Gasteiger partial charge in [-0.25, -0.2) is 4.98 Å². The van der Waals surface area contributed by atoms with E-state index in [0.717, 1.165) is 12.3 Å². The largest absolute Gasteiger partial charge is 0.508 e. The number of ether oxygens (including phenoxy) is 1. The summed E-state index contributed by atoms with van der Waals surface area (Å²) in [5.74, 6) is 0.578. The Labute approximate surface area is 107 Å². The monoisotopic (exact) mass is 266 g/mol. The number of nitro groups is 1. The van der Waals surface area contributed by atoms with Crippen molar-refractivity contribution in [2.45, 2.75) is 0 Å². The number of pyridine rings is 1. The molecule has 1 aromatic carbocycles. The van der Waals surface area contributed by atoms with Crippen molar-refractivity contribution in [2.24, 2.45) is 0 Å². The molecule has 2 rings (SSSR count). The van der Waals surface area contributed by atoms with Crippen molar-refractivity contribution in [1.29, 1.82) is 0 Å². The molecule has 0 aliphatic rings. The molecule has 6 nitrogen and oxygen atoms in total. The lowest BCUT2D eigenvalue weighted by atomic mass is 10.3. The zero-order chi connectivity index (χ0) is 13.1. The van der Waals surface area contributed by atoms with Crippen molar-refractivity contribution in [3.63, 3.8) is 0 Å². The third kappa shape index (κ3) is 2.67. The van der Waals surface area contributed by atoms with E-state index in [-0.39, 0.29) is 22.3 Å². The van der Waals surface area contributed by atoms with Gasteiger partial charge in [0.05, 0.1) is 4.92 Å². The van der Waals surface area contributed by atoms with Crippen LogP contribution < -0.4 is 4.74 Å². The highest BCUT2D eigenvalue weighted by molar-refractivity contribution is 6.32. The number of rotatable bonds is 3. The topological polar surface area (TPSA) is 85.5 Å². The van der Waals surface area contributed by atoms with Crippen molar-refractivity contribution < 1.29 is 14.8 Å². The summed E-state index contributed by atoms with van der Waals surface area (Å²) in [6.45, 7) is 0. The van der Waals surface area contributed by atoms with Gasteiger partial charge in [-0.05, 0) is 24.3 Å². The predicted octanol–water partition coefficient (Wildman–Crippen LogP) is 3.14. The lowest BCUT2D eigenvalue weighted by Crippen LogP contribution is -1.93. The van der Waals surface area contributed by atoms with Crippen LogP contribution in [0.5, 0.6) is 17.4 Å². The molecule has 0 amide bonds. The smallest absolute Gasteiger partial charge is 0.289 e. The fourth-order valence-corrected chi connectivity index (χ4v) is 1.42. The molecule has 7 heteroatoms. The van der Waals surface area contributed by atoms with Crippen LogP contribution in [0.15, 0.2) is 36.5 Å². The molecule has 0 aliphatic heterocycles. The minimum atomic E-state index is -0.594. The van der Waals surface area contributed by atoms with Gasteiger partial charge in [0.2, 0.25) is 5.88 Å². The third-order valence-corrected chi connectivity index (χ3v) is 2.33. The molecule has 1 aromatic heterocycles. The van der Waals surface area contributed by atoms with Crippen LogP contribution in [0.3, 0.4) is 0 Å². The average molecular weight is 267 g/mol. The Kier molecular flexibility index (Phi) is 3.29. The van der Waals surface area contributed by atoms with Gasteiger partial charge in [-0.2, -0.15) is 0 Å². The summed E-state index contributed by atoms with van der Waals surface area (Å²) < 4.78 is 5.32. The summed E-state index contributed by atoms with van der Waals surface area (Å²) in [6.07, 6.45) is 1.06. The van der Waals surface area contributed by atoms with Crippen LogP contribution in [0.1, 0.15) is 0 Å². The van der Waals surface area contributed by atoms with Crippen LogP contribution in [0.2, 0.25) is 5.02 Å². The van der Waals surface area contributed by atoms with Crippen molar-refractivity contribution in [1.82, 2.24) is 4.98 Å². The highest BCUT2D eigenvalue weighted by atomic mass is 35.5. The molecule has 92 valence electrons. The minimum absolute atomic E-state index is 0.0391. The minimum Gasteiger partial charge on any atom is -0.508 e. The van der Waals surface area contributed by atoms with Gasteiger partial charge < -0.3 is 9.84 Å². The molecular weight excluding hydrogens is 260 g/mol. The maximum atomic E-state index is 10.5. The summed E-state index contributed by atoms with van der Waals surface area (Å²) >= 11 is 5.81. The molecule has 0 fully saturated rings. The van der Waals surface area contributed by atoms with Crippen LogP contribution in [0.4, 0.5) is 5.69 Å². The standard InChI is InChI=1S/C11H7ClN2O4/c12-10-5-7(14(16)17)6-13-11(10)18-9-3-1-8(15)2-4-9/h1-6,15H. The number of aromatic hydroxyl groups is 1. The van der Waals surface area contributed by atoms with E-state index in [2.05, 4.69) is 4.98 Å². The Morgan fingerprint density at radius 3 is 2.56 bits per heavy atom. The molecule has 1 N–H and O–H groups in total. The average Bonchev–Trinajstić information content (AvgIpc) is 2.34. The number of hydrogen-bond acceptors (Lipinski definition) is 5. The normalized spacial score (nSPS) is 10.1. The predicted molar refractivity (Wildman–Crippen MR) is 64.1 cm³/mol. The second kappa shape index (κ2) is 4.89. The molecule has 0 bridgehead atoms. The summed E-state index contributed by atoms with van der Waals surface area (Å²) in [4.78, 5) is 13.7. The first kappa shape index (κ1) is 12.1. The fourth-order valence-electron chi connectivity index (χ4n) is 1.22. The van der Waals surface area contributed by atoms with E-state index in [1.165, 1.54) is 24.3 Å². The van der Waals surface area contributed by atoms with E-state index in [1.54, 1.807) is 0 Å². The van der Waals surface area contributed by atoms with Crippen LogP contribution in [0, 0.1) is 10.1 Å². The highest BCUT2D eigenvalue weighted by Gasteiger charge is 2.12. The van der Waals surface area contributed by atoms with Gasteiger partial charge in [-0.15, -0.1) is 0 Å². The number of aromatic nitrogens is 1. The second-order valence-electron chi connectivity index (χ2n) is 3.33. The number of phenols is 1. The highest BCUT2D eigenvalue weighted by Crippen LogP contribution is 2.30. The molecule has 1 heterocycles. The van der Waals surface area contributed by atoms with E-state index in [0.29, 0.717) is 5.75 Å². The van der Waals surface area contributed by atoms with E-state index in [1.807, 2.05) is 0 Å². The summed E-state index contributed by atoms with van der Waals surface area (Å²) in [7, 11) is 0. The fraction of sp³-hybridized carbons (Fsp3) is 0. The third-order valence-electron chi connectivity index (χ3n) is 2.06. The van der Waals surface area contributed by atoms with Crippen molar-refractivity contribution >= 4 is 17.3 Å². The lowest BCUT2D eigenvalue weighted by molar-refractivity contribution is -0.385. The molecule has 0 aliphatic carbocycles. The first-order valence-corrected chi connectivity index (χ1v) is 5.21. The van der Waals surface area contributed by atoms with Gasteiger partial charge in [0.15, 0.2) is 0 Å². The Morgan fingerprint density at radius 1 is 1.33 bits per heavy atom. The van der Waals surface area contributed by atoms with Crippen molar-refractivity contribution in [2.75, 3.05) is 0 Å². The van der Waals surface area contributed by atoms with Crippen LogP contribution in [-0.4, -0.2) is 15.0 Å². The molecular formula is C11H7ClN2O4. The molecule has 0 unspecified atom stereocenters. The van der Waals surface area contributed by atoms with Gasteiger partial charge in [0, 0.05) is 6.07 Å². The summed E-state index contributed by atoms with van der Waals surface area (Å²) in [5, 5.41) is 19.6. The number of hydrogen-bond donors (Lipinski definition) is 1. The number of nitrogens with zero attached hydrogens (tertiary/aromatic N) is 2. The van der Waals surface area contributed by atoms with Gasteiger partial charge >= 0.3 is 0 Å². The van der Waals surface area contributed by atoms with E-state index in [9.17, 15) is 10.1 Å². The van der Waals surface area contributed by atoms with E-state index < -0.39 is 4.92 Å². The lowest BCUT2D eigenvalue weighted by Gasteiger charge is -2.05. The zero-order valence-electron chi connectivity index (χ0n) is 8.91. The molecule has 0 atom stereocenters. The number of halogens is 1. The van der Waals surface area contributed by atoms with Crippen LogP contribution in [0.25, 0.3) is 0 Å². The number of benzene rings is 1. The van der Waals surface area contributed by atoms with Gasteiger partial charge in [0.25, 0.3) is 5.69 Å². The molecule has 0 spiro atoms. The van der Waals surface area contributed by atoms with Gasteiger partial charge in [-0.1, -0.05) is 11.6 Å². The summed E-state index contributed by atoms with van der Waals surface area (Å²) in [6, 6.07) is 7.08. The SMILES string of the molecule is O=[N+]([O-])c1cnc(Oc2ccc(O)cc2)c(Cl)c1. The van der Waals surface area contributed by atoms with E-state index >= 15 is 0 Å². The van der Waals surface area contributed by atoms with Crippen LogP contribution >= 0.6 is 11.6 Å². The van der Waals surface area contributed by atoms with Gasteiger partial charge in [0.1, 0.15) is 22.7 Å². The van der Waals surface area contributed by atoms with Crippen molar-refractivity contribution in [3.05, 3.63) is 51.7 Å². The zero-order valence-corrected chi connectivity index (χ0v) is 9.66. The molecule has 0 saturated heterocycles. The molecule has 2 aromatic rings. The Hall–Kier alpha value is -2.34. The quantitative estimate of drug-likeness (QED) is 0.681. The van der Waals surface area contributed by atoms with Gasteiger partial charge in [-0.3, -0.25) is 10.1 Å². The Morgan fingerprint density at radius 2 is 2.00 bits per heavy atom. The molecule has 18 heavy (non-hydrogen) atoms. The molecule has 0 radical (unpaired) electrons. The Bertz CT molecular complexity index is 586. The maximum Gasteiger partial charge on any atom is 0.289 e. The molecule has 0 saturated carbocycles. The first-order valence-electron chi connectivity index (χ1n) is 4.83. The van der Waals surface area contributed by atoms with Crippen molar-refractivity contribution in [3.8, 4) is 17.4 Å². The van der Waals surface area contributed by atoms with Crippen LogP contribution in [-0.2, 0) is 0 Å². The maximum absolute atomic E-state index is 10.5. The Balaban J connectivity index is 2.24. The number of phenolic OH excluding ortho intramolecular Hbond substituents is 1. The summed E-state index contributed by atoms with van der Waals surface area (Å²) in [5.41, 5.74) is -0.210.